The van der Waals surface area contributed by atoms with Gasteiger partial charge in [0.1, 0.15) is 0 Å². The van der Waals surface area contributed by atoms with Crippen LogP contribution in [0.2, 0.25) is 0 Å². The molecule has 2 rings (SSSR count). The Morgan fingerprint density at radius 1 is 1.05 bits per heavy atom. The van der Waals surface area contributed by atoms with Crippen LogP contribution in [0.4, 0.5) is 0 Å². The Kier molecular flexibility index (Phi) is 4.31. The molecule has 0 fully saturated rings. The summed E-state index contributed by atoms with van der Waals surface area (Å²) in [6, 6.07) is 15.8. The van der Waals surface area contributed by atoms with Gasteiger partial charge in [-0.15, -0.1) is 0 Å². The molecule has 2 aromatic rings. The largest absolute Gasteiger partial charge is 0.712 e. The highest BCUT2D eigenvalue weighted by Gasteiger charge is 2.04. The van der Waals surface area contributed by atoms with Crippen molar-refractivity contribution in [3.8, 4) is 11.1 Å². The SMILES string of the molecule is Cc1ccc(-c2ccc(C[S+]=S(=O)([O-])O)cc2)cc1. The lowest BCUT2D eigenvalue weighted by molar-refractivity contribution is 0.432. The molecule has 0 aromatic heterocycles. The van der Waals surface area contributed by atoms with Crippen molar-refractivity contribution >= 4 is 19.4 Å². The van der Waals surface area contributed by atoms with E-state index < -0.39 is 9.05 Å². The van der Waals surface area contributed by atoms with Gasteiger partial charge >= 0.3 is 0 Å². The molecule has 1 N–H and O–H groups in total. The number of aryl methyl sites for hydroxylation is 1. The summed E-state index contributed by atoms with van der Waals surface area (Å²) < 4.78 is 30.0. The zero-order valence-electron chi connectivity index (χ0n) is 10.4. The molecule has 0 saturated carbocycles. The summed E-state index contributed by atoms with van der Waals surface area (Å²) in [6.07, 6.45) is 0. The highest BCUT2D eigenvalue weighted by atomic mass is 32.9. The minimum Gasteiger partial charge on any atom is -0.712 e. The first-order valence-corrected chi connectivity index (χ1v) is 8.66. The van der Waals surface area contributed by atoms with Gasteiger partial charge < -0.3 is 4.55 Å². The van der Waals surface area contributed by atoms with Crippen LogP contribution in [-0.2, 0) is 25.1 Å². The summed E-state index contributed by atoms with van der Waals surface area (Å²) in [5.41, 5.74) is 4.28. The highest BCUT2D eigenvalue weighted by Crippen LogP contribution is 2.20. The topological polar surface area (TPSA) is 60.4 Å². The van der Waals surface area contributed by atoms with Gasteiger partial charge in [0.05, 0.1) is 0 Å². The Hall–Kier alpha value is -1.27. The third-order valence-corrected chi connectivity index (χ3v) is 4.71. The molecule has 0 aliphatic rings. The fourth-order valence-electron chi connectivity index (χ4n) is 1.68. The maximum atomic E-state index is 10.6. The monoisotopic (exact) mass is 294 g/mol. The van der Waals surface area contributed by atoms with Crippen molar-refractivity contribution in [3.63, 3.8) is 0 Å². The second-order valence-electron chi connectivity index (χ2n) is 4.25. The van der Waals surface area contributed by atoms with Crippen molar-refractivity contribution in [1.82, 2.24) is 0 Å². The zero-order valence-corrected chi connectivity index (χ0v) is 12.0. The molecule has 0 aliphatic heterocycles. The summed E-state index contributed by atoms with van der Waals surface area (Å²) in [7, 11) is -3.45. The van der Waals surface area contributed by atoms with Crippen LogP contribution in [0.1, 0.15) is 11.1 Å². The number of hydrogen-bond acceptors (Lipinski definition) is 2. The fourth-order valence-corrected chi connectivity index (χ4v) is 3.01. The molecule has 1 atom stereocenters. The Labute approximate surface area is 116 Å². The summed E-state index contributed by atoms with van der Waals surface area (Å²) in [6.45, 7) is 2.04. The van der Waals surface area contributed by atoms with Crippen LogP contribution in [0.15, 0.2) is 48.5 Å². The van der Waals surface area contributed by atoms with Crippen LogP contribution in [0.25, 0.3) is 11.1 Å². The Balaban J connectivity index is 2.19. The first kappa shape index (κ1) is 14.1. The zero-order chi connectivity index (χ0) is 13.9. The Morgan fingerprint density at radius 2 is 1.53 bits per heavy atom. The normalized spacial score (nSPS) is 13.8. The molecule has 0 saturated heterocycles. The minimum absolute atomic E-state index is 0.243. The van der Waals surface area contributed by atoms with Gasteiger partial charge in [0.2, 0.25) is 5.75 Å². The van der Waals surface area contributed by atoms with E-state index >= 15 is 0 Å². The van der Waals surface area contributed by atoms with E-state index in [0.717, 1.165) is 16.7 Å². The van der Waals surface area contributed by atoms with Crippen molar-refractivity contribution in [3.05, 3.63) is 59.7 Å². The van der Waals surface area contributed by atoms with Crippen LogP contribution in [-0.4, -0.2) is 13.3 Å². The van der Waals surface area contributed by atoms with Crippen LogP contribution < -0.4 is 0 Å². The van der Waals surface area contributed by atoms with E-state index in [9.17, 15) is 8.76 Å². The molecule has 19 heavy (non-hydrogen) atoms. The molecule has 0 spiro atoms. The smallest absolute Gasteiger partial charge is 0.257 e. The highest BCUT2D eigenvalue weighted by molar-refractivity contribution is 8.33. The van der Waals surface area contributed by atoms with Crippen molar-refractivity contribution in [2.45, 2.75) is 12.7 Å². The van der Waals surface area contributed by atoms with E-state index in [4.69, 9.17) is 4.55 Å². The number of benzene rings is 2. The molecule has 0 aliphatic carbocycles. The van der Waals surface area contributed by atoms with Crippen molar-refractivity contribution < 1.29 is 13.3 Å². The van der Waals surface area contributed by atoms with Crippen molar-refractivity contribution in [2.24, 2.45) is 0 Å². The minimum atomic E-state index is -3.97. The lowest BCUT2D eigenvalue weighted by Gasteiger charge is -2.02. The molecule has 0 radical (unpaired) electrons. The predicted octanol–water partition coefficient (Wildman–Crippen LogP) is 3.05. The van der Waals surface area contributed by atoms with E-state index in [1.54, 1.807) is 0 Å². The van der Waals surface area contributed by atoms with E-state index in [2.05, 4.69) is 24.3 Å². The average Bonchev–Trinajstić information content (AvgIpc) is 2.37. The van der Waals surface area contributed by atoms with Gasteiger partial charge in [0.15, 0.2) is 0 Å². The third kappa shape index (κ3) is 4.40. The van der Waals surface area contributed by atoms with E-state index in [1.165, 1.54) is 5.56 Å². The predicted molar refractivity (Wildman–Crippen MR) is 79.2 cm³/mol. The van der Waals surface area contributed by atoms with Crippen LogP contribution in [0.3, 0.4) is 0 Å². The van der Waals surface area contributed by atoms with Crippen molar-refractivity contribution in [2.75, 3.05) is 0 Å². The van der Waals surface area contributed by atoms with Gasteiger partial charge in [-0.05, 0) is 18.1 Å². The molecular weight excluding hydrogens is 280 g/mol. The fraction of sp³-hybridized carbons (Fsp3) is 0.143. The van der Waals surface area contributed by atoms with Gasteiger partial charge in [-0.1, -0.05) is 54.1 Å². The Bertz CT molecular complexity index is 659. The lowest BCUT2D eigenvalue weighted by atomic mass is 10.0. The molecule has 5 heteroatoms. The second kappa shape index (κ2) is 5.79. The van der Waals surface area contributed by atoms with E-state index in [0.29, 0.717) is 10.3 Å². The molecule has 0 heterocycles. The van der Waals surface area contributed by atoms with Crippen LogP contribution >= 0.6 is 0 Å². The summed E-state index contributed by atoms with van der Waals surface area (Å²) in [5.74, 6) is 0.243. The quantitative estimate of drug-likeness (QED) is 0.885. The van der Waals surface area contributed by atoms with Gasteiger partial charge in [0, 0.05) is 5.56 Å². The molecule has 3 nitrogen and oxygen atoms in total. The molecule has 100 valence electrons. The first-order valence-electron chi connectivity index (χ1n) is 5.72. The molecule has 0 bridgehead atoms. The molecule has 2 aromatic carbocycles. The average molecular weight is 294 g/mol. The van der Waals surface area contributed by atoms with Gasteiger partial charge in [-0.25, -0.2) is 0 Å². The number of rotatable bonds is 3. The first-order chi connectivity index (χ1) is 8.94. The standard InChI is InChI=1S/C14H14O3S2/c1-11-2-6-13(7-3-11)14-8-4-12(5-9-14)10-18-19(15,16)17/h2-9H,10H2,1H3,(H-,15,16,17). The van der Waals surface area contributed by atoms with Gasteiger partial charge in [0.25, 0.3) is 19.4 Å². The lowest BCUT2D eigenvalue weighted by Crippen LogP contribution is -1.97. The van der Waals surface area contributed by atoms with Crippen molar-refractivity contribution in [1.29, 1.82) is 0 Å². The van der Waals surface area contributed by atoms with E-state index in [-0.39, 0.29) is 5.75 Å². The second-order valence-corrected chi connectivity index (χ2v) is 7.60. The van der Waals surface area contributed by atoms with Gasteiger partial charge in [-0.2, -0.15) is 4.21 Å². The Morgan fingerprint density at radius 3 is 2.00 bits per heavy atom. The van der Waals surface area contributed by atoms with Crippen LogP contribution in [0, 0.1) is 6.92 Å². The van der Waals surface area contributed by atoms with Crippen LogP contribution in [0.5, 0.6) is 0 Å². The molecular formula is C14H14O3S2. The summed E-state index contributed by atoms with van der Waals surface area (Å²) in [5, 5.41) is 0. The summed E-state index contributed by atoms with van der Waals surface area (Å²) in [4.78, 5) is 0. The van der Waals surface area contributed by atoms with Gasteiger partial charge in [-0.3, -0.25) is 4.55 Å². The number of hydrogen-bond donors (Lipinski definition) is 1. The summed E-state index contributed by atoms with van der Waals surface area (Å²) >= 11 is 0. The van der Waals surface area contributed by atoms with E-state index in [1.807, 2.05) is 31.2 Å². The molecule has 1 unspecified atom stereocenters. The maximum absolute atomic E-state index is 10.6. The maximum Gasteiger partial charge on any atom is 0.257 e. The third-order valence-electron chi connectivity index (χ3n) is 2.71. The molecule has 0 amide bonds.